The number of nitrogens with zero attached hydrogens (tertiary/aromatic N) is 1. The van der Waals surface area contributed by atoms with E-state index in [1.807, 2.05) is 26.8 Å². The molecule has 1 N–H and O–H groups in total. The van der Waals surface area contributed by atoms with Gasteiger partial charge >= 0.3 is 6.09 Å². The minimum Gasteiger partial charge on any atom is -0.443 e. The predicted molar refractivity (Wildman–Crippen MR) is 87.4 cm³/mol. The molecule has 0 saturated carbocycles. The molecule has 1 amide bonds. The molecule has 0 aliphatic carbocycles. The van der Waals surface area contributed by atoms with Crippen LogP contribution in [0.3, 0.4) is 0 Å². The van der Waals surface area contributed by atoms with Crippen LogP contribution in [0.15, 0.2) is 18.2 Å². The number of anilines is 2. The Bertz CT molecular complexity index is 570. The van der Waals surface area contributed by atoms with Crippen molar-refractivity contribution in [1.29, 1.82) is 0 Å². The first kappa shape index (κ1) is 17.5. The van der Waals surface area contributed by atoms with Crippen molar-refractivity contribution in [3.05, 3.63) is 23.8 Å². The van der Waals surface area contributed by atoms with Gasteiger partial charge in [0.05, 0.1) is 11.7 Å². The van der Waals surface area contributed by atoms with Gasteiger partial charge in [-0.2, -0.15) is 0 Å². The molecule has 0 radical (unpaired) electrons. The van der Waals surface area contributed by atoms with Crippen molar-refractivity contribution in [3.63, 3.8) is 0 Å². The smallest absolute Gasteiger partial charge is 0.414 e. The van der Waals surface area contributed by atoms with Crippen LogP contribution in [0.2, 0.25) is 0 Å². The zero-order chi connectivity index (χ0) is 17.2. The van der Waals surface area contributed by atoms with Crippen LogP contribution in [0.5, 0.6) is 0 Å². The number of fused-ring (bicyclic) bond motifs is 1. The van der Waals surface area contributed by atoms with Crippen molar-refractivity contribution >= 4 is 17.5 Å². The molecule has 1 aromatic rings. The highest BCUT2D eigenvalue weighted by Gasteiger charge is 2.27. The van der Waals surface area contributed by atoms with Gasteiger partial charge in [-0.1, -0.05) is 6.07 Å². The molecule has 4 nitrogen and oxygen atoms in total. The first-order valence-corrected chi connectivity index (χ1v) is 7.85. The molecule has 1 heterocycles. The van der Waals surface area contributed by atoms with Crippen molar-refractivity contribution in [2.75, 3.05) is 16.8 Å². The predicted octanol–water partition coefficient (Wildman–Crippen LogP) is 4.44. The Balaban J connectivity index is 2.23. The van der Waals surface area contributed by atoms with Gasteiger partial charge in [-0.25, -0.2) is 13.6 Å². The maximum absolute atomic E-state index is 12.7. The van der Waals surface area contributed by atoms with Gasteiger partial charge in [0.1, 0.15) is 5.60 Å². The third-order valence-electron chi connectivity index (χ3n) is 3.59. The number of amides is 1. The van der Waals surface area contributed by atoms with Gasteiger partial charge in [0.2, 0.25) is 0 Å². The molecule has 0 bridgehead atoms. The first-order valence-electron chi connectivity index (χ1n) is 7.85. The summed E-state index contributed by atoms with van der Waals surface area (Å²) in [6.07, 6.45) is -1.14. The van der Waals surface area contributed by atoms with Crippen LogP contribution in [-0.4, -0.2) is 30.7 Å². The third kappa shape index (κ3) is 4.56. The number of hydrogen-bond donors (Lipinski definition) is 1. The Kier molecular flexibility index (Phi) is 5.12. The lowest BCUT2D eigenvalue weighted by molar-refractivity contribution is 0.0578. The van der Waals surface area contributed by atoms with E-state index in [2.05, 4.69) is 5.32 Å². The minimum absolute atomic E-state index is 0.405. The molecule has 1 aliphatic heterocycles. The van der Waals surface area contributed by atoms with Gasteiger partial charge in [0.15, 0.2) is 0 Å². The fourth-order valence-electron chi connectivity index (χ4n) is 2.50. The van der Waals surface area contributed by atoms with Crippen LogP contribution in [0, 0.1) is 0 Å². The number of nitrogens with one attached hydrogen (secondary N) is 1. The maximum Gasteiger partial charge on any atom is 0.414 e. The molecule has 1 aliphatic rings. The van der Waals surface area contributed by atoms with E-state index >= 15 is 0 Å². The third-order valence-corrected chi connectivity index (χ3v) is 3.59. The highest BCUT2D eigenvalue weighted by atomic mass is 19.3. The summed E-state index contributed by atoms with van der Waals surface area (Å²) in [6.45, 7) is 7.44. The van der Waals surface area contributed by atoms with E-state index < -0.39 is 24.2 Å². The monoisotopic (exact) mass is 326 g/mol. The van der Waals surface area contributed by atoms with Gasteiger partial charge in [-0.15, -0.1) is 0 Å². The van der Waals surface area contributed by atoms with E-state index in [0.29, 0.717) is 12.2 Å². The maximum atomic E-state index is 12.7. The molecule has 23 heavy (non-hydrogen) atoms. The average molecular weight is 326 g/mol. The van der Waals surface area contributed by atoms with Crippen molar-refractivity contribution in [3.8, 4) is 0 Å². The number of halogens is 2. The summed E-state index contributed by atoms with van der Waals surface area (Å²) in [4.78, 5) is 14.0. The highest BCUT2D eigenvalue weighted by Crippen LogP contribution is 2.31. The topological polar surface area (TPSA) is 41.6 Å². The number of carbonyl (C=O) groups excluding carboxylic acids is 1. The Morgan fingerprint density at radius 1 is 1.35 bits per heavy atom. The SMILES string of the molecule is CC(Nc1ccc2c(c1)N(C(=O)OC(C)(C)C)CCC2)C(F)F. The number of carbonyl (C=O) groups is 1. The van der Waals surface area contributed by atoms with Crippen LogP contribution in [0.4, 0.5) is 25.0 Å². The normalized spacial score (nSPS) is 16.0. The first-order chi connectivity index (χ1) is 10.7. The molecular weight excluding hydrogens is 302 g/mol. The molecule has 0 spiro atoms. The van der Waals surface area contributed by atoms with Gasteiger partial charge in [0, 0.05) is 12.2 Å². The van der Waals surface area contributed by atoms with Gasteiger partial charge < -0.3 is 10.1 Å². The number of hydrogen-bond acceptors (Lipinski definition) is 3. The minimum atomic E-state index is -2.45. The number of ether oxygens (including phenoxy) is 1. The van der Waals surface area contributed by atoms with Crippen molar-refractivity contribution in [2.24, 2.45) is 0 Å². The van der Waals surface area contributed by atoms with E-state index in [9.17, 15) is 13.6 Å². The molecule has 1 aromatic carbocycles. The largest absolute Gasteiger partial charge is 0.443 e. The Labute approximate surface area is 135 Å². The quantitative estimate of drug-likeness (QED) is 0.893. The second-order valence-electron chi connectivity index (χ2n) is 6.85. The summed E-state index contributed by atoms with van der Waals surface area (Å²) >= 11 is 0. The highest BCUT2D eigenvalue weighted by molar-refractivity contribution is 5.90. The van der Waals surface area contributed by atoms with Crippen molar-refractivity contribution in [1.82, 2.24) is 0 Å². The summed E-state index contributed by atoms with van der Waals surface area (Å²) < 4.78 is 30.8. The van der Waals surface area contributed by atoms with E-state index in [4.69, 9.17) is 4.74 Å². The molecule has 0 saturated heterocycles. The van der Waals surface area contributed by atoms with Gasteiger partial charge in [0.25, 0.3) is 6.43 Å². The van der Waals surface area contributed by atoms with Crippen LogP contribution in [0.1, 0.15) is 39.7 Å². The zero-order valence-electron chi connectivity index (χ0n) is 14.0. The Morgan fingerprint density at radius 3 is 2.65 bits per heavy atom. The van der Waals surface area contributed by atoms with E-state index in [-0.39, 0.29) is 0 Å². The van der Waals surface area contributed by atoms with E-state index in [0.717, 1.165) is 24.1 Å². The fraction of sp³-hybridized carbons (Fsp3) is 0.588. The number of alkyl halides is 2. The standard InChI is InChI=1S/C17H24F2N2O2/c1-11(15(18)19)20-13-8-7-12-6-5-9-21(14(12)10-13)16(22)23-17(2,3)4/h7-8,10-11,15,20H,5-6,9H2,1-4H3. The summed E-state index contributed by atoms with van der Waals surface area (Å²) in [5.74, 6) is 0. The van der Waals surface area contributed by atoms with Crippen LogP contribution in [0.25, 0.3) is 0 Å². The average Bonchev–Trinajstić information content (AvgIpc) is 2.44. The summed E-state index contributed by atoms with van der Waals surface area (Å²) in [7, 11) is 0. The van der Waals surface area contributed by atoms with Gasteiger partial charge in [-0.3, -0.25) is 4.90 Å². The Hall–Kier alpha value is -1.85. The summed E-state index contributed by atoms with van der Waals surface area (Å²) in [5.41, 5.74) is 1.76. The van der Waals surface area contributed by atoms with Crippen LogP contribution < -0.4 is 10.2 Å². The molecule has 1 atom stereocenters. The fourth-order valence-corrected chi connectivity index (χ4v) is 2.50. The van der Waals surface area contributed by atoms with Crippen molar-refractivity contribution in [2.45, 2.75) is 58.6 Å². The molecule has 128 valence electrons. The lowest BCUT2D eigenvalue weighted by Gasteiger charge is -2.32. The second kappa shape index (κ2) is 6.72. The summed E-state index contributed by atoms with van der Waals surface area (Å²) in [5, 5.41) is 2.77. The van der Waals surface area contributed by atoms with Crippen LogP contribution >= 0.6 is 0 Å². The molecule has 6 heteroatoms. The molecule has 0 fully saturated rings. The number of benzene rings is 1. The van der Waals surface area contributed by atoms with Crippen molar-refractivity contribution < 1.29 is 18.3 Å². The Morgan fingerprint density at radius 2 is 2.04 bits per heavy atom. The number of aryl methyl sites for hydroxylation is 1. The molecule has 1 unspecified atom stereocenters. The lowest BCUT2D eigenvalue weighted by atomic mass is 10.0. The number of rotatable bonds is 3. The lowest BCUT2D eigenvalue weighted by Crippen LogP contribution is -2.39. The van der Waals surface area contributed by atoms with E-state index in [1.165, 1.54) is 6.92 Å². The second-order valence-corrected chi connectivity index (χ2v) is 6.85. The molecule has 2 rings (SSSR count). The molecule has 0 aromatic heterocycles. The molecular formula is C17H24F2N2O2. The van der Waals surface area contributed by atoms with Crippen LogP contribution in [-0.2, 0) is 11.2 Å². The van der Waals surface area contributed by atoms with Gasteiger partial charge in [-0.05, 0) is 58.2 Å². The van der Waals surface area contributed by atoms with E-state index in [1.54, 1.807) is 17.0 Å². The zero-order valence-corrected chi connectivity index (χ0v) is 14.0. The summed E-state index contributed by atoms with van der Waals surface area (Å²) in [6, 6.07) is 4.45.